The van der Waals surface area contributed by atoms with Gasteiger partial charge in [0.2, 0.25) is 0 Å². The van der Waals surface area contributed by atoms with Gasteiger partial charge in [-0.3, -0.25) is 20.2 Å². The van der Waals surface area contributed by atoms with E-state index >= 15 is 0 Å². The molecule has 0 spiro atoms. The Morgan fingerprint density at radius 3 is 2.35 bits per heavy atom. The Bertz CT molecular complexity index is 641. The van der Waals surface area contributed by atoms with Crippen LogP contribution in [0.1, 0.15) is 26.3 Å². The summed E-state index contributed by atoms with van der Waals surface area (Å²) in [5.74, 6) is 0. The van der Waals surface area contributed by atoms with Crippen LogP contribution in [0.25, 0.3) is 0 Å². The molecule has 0 fully saturated rings. The smallest absolute Gasteiger partial charge is 0.407 e. The lowest BCUT2D eigenvalue weighted by Crippen LogP contribution is -2.33. The zero-order valence-corrected chi connectivity index (χ0v) is 14.4. The maximum absolute atomic E-state index is 11.5. The summed E-state index contributed by atoms with van der Waals surface area (Å²) in [6.45, 7) is 5.26. The quantitative estimate of drug-likeness (QED) is 0.607. The van der Waals surface area contributed by atoms with Crippen molar-refractivity contribution in [2.45, 2.75) is 32.8 Å². The third-order valence-electron chi connectivity index (χ3n) is 2.58. The van der Waals surface area contributed by atoms with Crippen molar-refractivity contribution in [3.63, 3.8) is 0 Å². The molecule has 10 heteroatoms. The van der Waals surface area contributed by atoms with E-state index in [1.807, 2.05) is 0 Å². The minimum absolute atomic E-state index is 0.117. The van der Waals surface area contributed by atoms with E-state index < -0.39 is 27.2 Å². The first-order valence-corrected chi connectivity index (χ1v) is 7.38. The number of non-ortho nitro benzene ring substituents is 1. The molecule has 1 aromatic carbocycles. The molecule has 0 atom stereocenters. The number of carbonyl (C=O) groups is 1. The van der Waals surface area contributed by atoms with Gasteiger partial charge in [0.1, 0.15) is 5.60 Å². The molecule has 1 amide bonds. The van der Waals surface area contributed by atoms with Gasteiger partial charge in [-0.1, -0.05) is 0 Å². The predicted octanol–water partition coefficient (Wildman–Crippen LogP) is 3.33. The molecule has 23 heavy (non-hydrogen) atoms. The van der Waals surface area contributed by atoms with E-state index in [1.54, 1.807) is 20.8 Å². The molecule has 0 heterocycles. The average Bonchev–Trinajstić information content (AvgIpc) is 2.37. The second-order valence-corrected chi connectivity index (χ2v) is 6.42. The largest absolute Gasteiger partial charge is 0.444 e. The molecule has 1 N–H and O–H groups in total. The van der Waals surface area contributed by atoms with Crippen LogP contribution in [0.4, 0.5) is 16.2 Å². The molecular formula is C13H16BrN3O6. The number of rotatable bonds is 5. The molecule has 0 aromatic heterocycles. The van der Waals surface area contributed by atoms with Crippen molar-refractivity contribution in [2.75, 3.05) is 6.54 Å². The van der Waals surface area contributed by atoms with Gasteiger partial charge in [0, 0.05) is 12.6 Å². The van der Waals surface area contributed by atoms with Crippen LogP contribution in [-0.4, -0.2) is 28.1 Å². The van der Waals surface area contributed by atoms with Crippen molar-refractivity contribution in [2.24, 2.45) is 0 Å². The molecule has 0 saturated heterocycles. The number of hydrogen-bond donors (Lipinski definition) is 1. The SMILES string of the molecule is CC(C)(C)OC(=O)NCCc1cc([N+](=O)[O-])cc([N+](=O)[O-])c1Br. The highest BCUT2D eigenvalue weighted by Gasteiger charge is 2.22. The van der Waals surface area contributed by atoms with E-state index in [0.717, 1.165) is 6.07 Å². The first-order chi connectivity index (χ1) is 10.5. The van der Waals surface area contributed by atoms with Crippen molar-refractivity contribution in [3.05, 3.63) is 42.4 Å². The van der Waals surface area contributed by atoms with Crippen LogP contribution in [0.5, 0.6) is 0 Å². The van der Waals surface area contributed by atoms with Gasteiger partial charge in [0.25, 0.3) is 11.4 Å². The highest BCUT2D eigenvalue weighted by molar-refractivity contribution is 9.10. The van der Waals surface area contributed by atoms with Gasteiger partial charge in [-0.05, 0) is 48.7 Å². The van der Waals surface area contributed by atoms with Crippen LogP contribution in [0, 0.1) is 20.2 Å². The molecule has 0 radical (unpaired) electrons. The Kier molecular flexibility index (Phi) is 6.02. The van der Waals surface area contributed by atoms with Crippen molar-refractivity contribution in [1.29, 1.82) is 0 Å². The molecule has 0 unspecified atom stereocenters. The summed E-state index contributed by atoms with van der Waals surface area (Å²) in [6, 6.07) is 2.11. The molecule has 126 valence electrons. The summed E-state index contributed by atoms with van der Waals surface area (Å²) in [5, 5.41) is 24.3. The molecule has 0 aliphatic carbocycles. The zero-order valence-electron chi connectivity index (χ0n) is 12.8. The monoisotopic (exact) mass is 389 g/mol. The Balaban J connectivity index is 2.86. The lowest BCUT2D eigenvalue weighted by atomic mass is 10.1. The number of nitro groups is 2. The molecule has 9 nitrogen and oxygen atoms in total. The Morgan fingerprint density at radius 1 is 1.26 bits per heavy atom. The number of nitrogens with one attached hydrogen (secondary N) is 1. The second kappa shape index (κ2) is 7.36. The number of hydrogen-bond acceptors (Lipinski definition) is 6. The number of ether oxygens (including phenoxy) is 1. The standard InChI is InChI=1S/C13H16BrN3O6/c1-13(2,3)23-12(18)15-5-4-8-6-9(16(19)20)7-10(11(8)14)17(21)22/h6-7H,4-5H2,1-3H3,(H,15,18). The van der Waals surface area contributed by atoms with Crippen LogP contribution < -0.4 is 5.32 Å². The molecule has 0 bridgehead atoms. The Labute approximate surface area is 140 Å². The number of carbonyl (C=O) groups excluding carboxylic acids is 1. The summed E-state index contributed by atoms with van der Waals surface area (Å²) < 4.78 is 5.20. The number of benzene rings is 1. The summed E-state index contributed by atoms with van der Waals surface area (Å²) in [5.41, 5.74) is -1.07. The fourth-order valence-corrected chi connectivity index (χ4v) is 2.26. The van der Waals surface area contributed by atoms with Gasteiger partial charge < -0.3 is 10.1 Å². The normalized spacial score (nSPS) is 11.0. The van der Waals surface area contributed by atoms with Crippen molar-refractivity contribution in [1.82, 2.24) is 5.32 Å². The third kappa shape index (κ3) is 5.81. The molecule has 0 aliphatic heterocycles. The van der Waals surface area contributed by atoms with Crippen LogP contribution >= 0.6 is 15.9 Å². The summed E-state index contributed by atoms with van der Waals surface area (Å²) >= 11 is 3.07. The van der Waals surface area contributed by atoms with Crippen molar-refractivity contribution >= 4 is 33.4 Å². The average molecular weight is 390 g/mol. The number of nitrogens with zero attached hydrogens (tertiary/aromatic N) is 2. The molecule has 0 saturated carbocycles. The van der Waals surface area contributed by atoms with Gasteiger partial charge in [-0.25, -0.2) is 4.79 Å². The molecule has 1 rings (SSSR count). The highest BCUT2D eigenvalue weighted by atomic mass is 79.9. The maximum Gasteiger partial charge on any atom is 0.407 e. The van der Waals surface area contributed by atoms with E-state index in [4.69, 9.17) is 4.74 Å². The predicted molar refractivity (Wildman–Crippen MR) is 85.4 cm³/mol. The lowest BCUT2D eigenvalue weighted by molar-refractivity contribution is -0.394. The highest BCUT2D eigenvalue weighted by Crippen LogP contribution is 2.33. The minimum Gasteiger partial charge on any atom is -0.444 e. The fraction of sp³-hybridized carbons (Fsp3) is 0.462. The Hall–Kier alpha value is -2.23. The van der Waals surface area contributed by atoms with Gasteiger partial charge in [-0.2, -0.15) is 0 Å². The minimum atomic E-state index is -0.706. The number of amides is 1. The summed E-state index contributed by atoms with van der Waals surface area (Å²) in [6.07, 6.45) is -0.462. The molecular weight excluding hydrogens is 374 g/mol. The maximum atomic E-state index is 11.5. The summed E-state index contributed by atoms with van der Waals surface area (Å²) in [4.78, 5) is 31.9. The van der Waals surface area contributed by atoms with E-state index in [-0.39, 0.29) is 23.1 Å². The molecule has 0 aliphatic rings. The zero-order chi connectivity index (χ0) is 17.8. The van der Waals surface area contributed by atoms with Crippen LogP contribution in [0.15, 0.2) is 16.6 Å². The lowest BCUT2D eigenvalue weighted by Gasteiger charge is -2.19. The number of alkyl carbamates (subject to hydrolysis) is 1. The van der Waals surface area contributed by atoms with E-state index in [2.05, 4.69) is 21.2 Å². The summed E-state index contributed by atoms with van der Waals surface area (Å²) in [7, 11) is 0. The molecule has 1 aromatic rings. The van der Waals surface area contributed by atoms with Gasteiger partial charge in [0.05, 0.1) is 20.4 Å². The number of halogens is 1. The Morgan fingerprint density at radius 2 is 1.87 bits per heavy atom. The van der Waals surface area contributed by atoms with Gasteiger partial charge in [-0.15, -0.1) is 0 Å². The van der Waals surface area contributed by atoms with E-state index in [0.29, 0.717) is 5.56 Å². The second-order valence-electron chi connectivity index (χ2n) is 5.63. The number of nitro benzene ring substituents is 2. The van der Waals surface area contributed by atoms with Crippen LogP contribution in [0.3, 0.4) is 0 Å². The first-order valence-electron chi connectivity index (χ1n) is 6.59. The van der Waals surface area contributed by atoms with Crippen LogP contribution in [0.2, 0.25) is 0 Å². The van der Waals surface area contributed by atoms with Gasteiger partial charge in [0.15, 0.2) is 0 Å². The fourth-order valence-electron chi connectivity index (χ4n) is 1.69. The van der Waals surface area contributed by atoms with Crippen molar-refractivity contribution in [3.8, 4) is 0 Å². The first kappa shape index (κ1) is 18.8. The van der Waals surface area contributed by atoms with Crippen LogP contribution in [-0.2, 0) is 11.2 Å². The topological polar surface area (TPSA) is 125 Å². The van der Waals surface area contributed by atoms with Crippen molar-refractivity contribution < 1.29 is 19.4 Å². The third-order valence-corrected chi connectivity index (χ3v) is 3.50. The van der Waals surface area contributed by atoms with E-state index in [1.165, 1.54) is 6.07 Å². The van der Waals surface area contributed by atoms with E-state index in [9.17, 15) is 25.0 Å². The van der Waals surface area contributed by atoms with Gasteiger partial charge >= 0.3 is 6.09 Å².